The fraction of sp³-hybridized carbons (Fsp3) is 0.474. The SMILES string of the molecule is CCCCc1nc2cnc3cc(OC)ccc3c2n1CC(C)C. The van der Waals surface area contributed by atoms with Gasteiger partial charge in [0.1, 0.15) is 17.1 Å². The number of methoxy groups -OCH3 is 1. The minimum atomic E-state index is 0.578. The Hall–Kier alpha value is -2.10. The summed E-state index contributed by atoms with van der Waals surface area (Å²) in [5, 5.41) is 1.15. The van der Waals surface area contributed by atoms with Crippen LogP contribution in [0.2, 0.25) is 0 Å². The molecule has 23 heavy (non-hydrogen) atoms. The molecule has 2 aromatic heterocycles. The summed E-state index contributed by atoms with van der Waals surface area (Å²) in [4.78, 5) is 9.44. The highest BCUT2D eigenvalue weighted by molar-refractivity contribution is 6.02. The molecule has 0 saturated heterocycles. The topological polar surface area (TPSA) is 39.9 Å². The van der Waals surface area contributed by atoms with E-state index in [0.29, 0.717) is 5.92 Å². The monoisotopic (exact) mass is 311 g/mol. The van der Waals surface area contributed by atoms with Crippen molar-refractivity contribution in [2.24, 2.45) is 5.92 Å². The van der Waals surface area contributed by atoms with Crippen LogP contribution in [0.4, 0.5) is 0 Å². The lowest BCUT2D eigenvalue weighted by Gasteiger charge is -2.13. The van der Waals surface area contributed by atoms with Gasteiger partial charge in [0.2, 0.25) is 0 Å². The van der Waals surface area contributed by atoms with E-state index in [2.05, 4.69) is 36.4 Å². The molecule has 0 aliphatic carbocycles. The van der Waals surface area contributed by atoms with Crippen LogP contribution in [0.5, 0.6) is 5.75 Å². The first-order valence-corrected chi connectivity index (χ1v) is 8.46. The molecular formula is C19H25N3O. The van der Waals surface area contributed by atoms with Crippen LogP contribution >= 0.6 is 0 Å². The van der Waals surface area contributed by atoms with Crippen molar-refractivity contribution in [2.45, 2.75) is 46.6 Å². The molecule has 1 aromatic carbocycles. The van der Waals surface area contributed by atoms with Gasteiger partial charge in [-0.05, 0) is 24.5 Å². The molecule has 0 spiro atoms. The maximum absolute atomic E-state index is 5.33. The second-order valence-corrected chi connectivity index (χ2v) is 6.51. The first-order valence-electron chi connectivity index (χ1n) is 8.46. The highest BCUT2D eigenvalue weighted by Gasteiger charge is 2.15. The smallest absolute Gasteiger partial charge is 0.121 e. The van der Waals surface area contributed by atoms with Crippen LogP contribution in [0.15, 0.2) is 24.4 Å². The molecule has 0 bridgehead atoms. The normalized spacial score (nSPS) is 11.7. The number of pyridine rings is 1. The van der Waals surface area contributed by atoms with Gasteiger partial charge < -0.3 is 9.30 Å². The molecule has 0 saturated carbocycles. The molecule has 2 heterocycles. The maximum atomic E-state index is 5.33. The third-order valence-corrected chi connectivity index (χ3v) is 4.16. The summed E-state index contributed by atoms with van der Waals surface area (Å²) in [6, 6.07) is 6.10. The Balaban J connectivity index is 2.23. The third-order valence-electron chi connectivity index (χ3n) is 4.16. The molecule has 4 nitrogen and oxygen atoms in total. The minimum Gasteiger partial charge on any atom is -0.497 e. The average molecular weight is 311 g/mol. The van der Waals surface area contributed by atoms with Gasteiger partial charge in [0.05, 0.1) is 24.3 Å². The van der Waals surface area contributed by atoms with Crippen LogP contribution in [-0.2, 0) is 13.0 Å². The van der Waals surface area contributed by atoms with E-state index in [1.807, 2.05) is 18.3 Å². The minimum absolute atomic E-state index is 0.578. The van der Waals surface area contributed by atoms with Gasteiger partial charge in [-0.25, -0.2) is 4.98 Å². The van der Waals surface area contributed by atoms with E-state index in [1.54, 1.807) is 7.11 Å². The third kappa shape index (κ3) is 3.03. The van der Waals surface area contributed by atoms with Gasteiger partial charge in [-0.1, -0.05) is 27.2 Å². The standard InChI is InChI=1S/C19H25N3O/c1-5-6-7-18-21-17-11-20-16-10-14(23-4)8-9-15(16)19(17)22(18)12-13(2)3/h8-11,13H,5-7,12H2,1-4H3. The van der Waals surface area contributed by atoms with Crippen LogP contribution in [0, 0.1) is 5.92 Å². The van der Waals surface area contributed by atoms with Gasteiger partial charge in [0.15, 0.2) is 0 Å². The zero-order chi connectivity index (χ0) is 16.4. The van der Waals surface area contributed by atoms with Crippen molar-refractivity contribution in [1.29, 1.82) is 0 Å². The number of aryl methyl sites for hydroxylation is 1. The zero-order valence-electron chi connectivity index (χ0n) is 14.5. The molecule has 0 fully saturated rings. The van der Waals surface area contributed by atoms with Crippen LogP contribution in [-0.4, -0.2) is 21.6 Å². The van der Waals surface area contributed by atoms with E-state index in [0.717, 1.165) is 35.1 Å². The summed E-state index contributed by atoms with van der Waals surface area (Å²) in [5.41, 5.74) is 3.16. The second kappa shape index (κ2) is 6.57. The number of nitrogens with zero attached hydrogens (tertiary/aromatic N) is 3. The predicted molar refractivity (Wildman–Crippen MR) is 95.0 cm³/mol. The van der Waals surface area contributed by atoms with Crippen molar-refractivity contribution in [3.63, 3.8) is 0 Å². The number of imidazole rings is 1. The summed E-state index contributed by atoms with van der Waals surface area (Å²) >= 11 is 0. The number of hydrogen-bond donors (Lipinski definition) is 0. The number of benzene rings is 1. The zero-order valence-corrected chi connectivity index (χ0v) is 14.5. The fourth-order valence-corrected chi connectivity index (χ4v) is 3.06. The van der Waals surface area contributed by atoms with Crippen LogP contribution in [0.3, 0.4) is 0 Å². The quantitative estimate of drug-likeness (QED) is 0.668. The summed E-state index contributed by atoms with van der Waals surface area (Å²) < 4.78 is 7.72. The predicted octanol–water partition coefficient (Wildman–Crippen LogP) is 4.59. The number of unbranched alkanes of at least 4 members (excludes halogenated alkanes) is 1. The number of rotatable bonds is 6. The molecule has 4 heteroatoms. The maximum Gasteiger partial charge on any atom is 0.121 e. The largest absolute Gasteiger partial charge is 0.497 e. The highest BCUT2D eigenvalue weighted by Crippen LogP contribution is 2.28. The lowest BCUT2D eigenvalue weighted by Crippen LogP contribution is -2.09. The Kier molecular flexibility index (Phi) is 4.51. The molecule has 0 aliphatic rings. The molecule has 0 unspecified atom stereocenters. The summed E-state index contributed by atoms with van der Waals surface area (Å²) in [7, 11) is 1.69. The molecule has 0 N–H and O–H groups in total. The van der Waals surface area contributed by atoms with E-state index in [1.165, 1.54) is 24.2 Å². The van der Waals surface area contributed by atoms with Gasteiger partial charge in [0, 0.05) is 24.4 Å². The van der Waals surface area contributed by atoms with E-state index in [4.69, 9.17) is 9.72 Å². The highest BCUT2D eigenvalue weighted by atomic mass is 16.5. The van der Waals surface area contributed by atoms with Gasteiger partial charge >= 0.3 is 0 Å². The fourth-order valence-electron chi connectivity index (χ4n) is 3.06. The van der Waals surface area contributed by atoms with E-state index >= 15 is 0 Å². The lowest BCUT2D eigenvalue weighted by atomic mass is 10.1. The number of fused-ring (bicyclic) bond motifs is 3. The number of aromatic nitrogens is 3. The molecule has 0 aliphatic heterocycles. The molecule has 3 rings (SSSR count). The Morgan fingerprint density at radius 1 is 1.22 bits per heavy atom. The van der Waals surface area contributed by atoms with Crippen molar-refractivity contribution in [1.82, 2.24) is 14.5 Å². The molecular weight excluding hydrogens is 286 g/mol. The van der Waals surface area contributed by atoms with Crippen molar-refractivity contribution in [2.75, 3.05) is 7.11 Å². The molecule has 3 aromatic rings. The van der Waals surface area contributed by atoms with Crippen LogP contribution in [0.25, 0.3) is 21.9 Å². The van der Waals surface area contributed by atoms with Crippen molar-refractivity contribution in [3.05, 3.63) is 30.2 Å². The van der Waals surface area contributed by atoms with Gasteiger partial charge in [-0.2, -0.15) is 0 Å². The second-order valence-electron chi connectivity index (χ2n) is 6.51. The van der Waals surface area contributed by atoms with Crippen molar-refractivity contribution < 1.29 is 4.74 Å². The van der Waals surface area contributed by atoms with Crippen LogP contribution in [0.1, 0.15) is 39.4 Å². The Labute approximate surface area is 137 Å². The van der Waals surface area contributed by atoms with Gasteiger partial charge in [-0.3, -0.25) is 4.98 Å². The molecule has 0 atom stereocenters. The van der Waals surface area contributed by atoms with Crippen LogP contribution < -0.4 is 4.74 Å². The lowest BCUT2D eigenvalue weighted by molar-refractivity contribution is 0.415. The Morgan fingerprint density at radius 3 is 2.74 bits per heavy atom. The van der Waals surface area contributed by atoms with E-state index < -0.39 is 0 Å². The molecule has 122 valence electrons. The summed E-state index contributed by atoms with van der Waals surface area (Å²) in [6.45, 7) is 7.71. The van der Waals surface area contributed by atoms with E-state index in [9.17, 15) is 0 Å². The average Bonchev–Trinajstić information content (AvgIpc) is 2.89. The van der Waals surface area contributed by atoms with Crippen molar-refractivity contribution in [3.8, 4) is 5.75 Å². The summed E-state index contributed by atoms with van der Waals surface area (Å²) in [5.74, 6) is 2.60. The van der Waals surface area contributed by atoms with Gasteiger partial charge in [-0.15, -0.1) is 0 Å². The Bertz CT molecular complexity index is 820. The number of hydrogen-bond acceptors (Lipinski definition) is 3. The first-order chi connectivity index (χ1) is 11.1. The Morgan fingerprint density at radius 2 is 2.04 bits per heavy atom. The summed E-state index contributed by atoms with van der Waals surface area (Å²) in [6.07, 6.45) is 5.26. The van der Waals surface area contributed by atoms with Crippen molar-refractivity contribution >= 4 is 21.9 Å². The van der Waals surface area contributed by atoms with Gasteiger partial charge in [0.25, 0.3) is 0 Å². The first kappa shape index (κ1) is 15.8. The molecule has 0 radical (unpaired) electrons. The molecule has 0 amide bonds. The van der Waals surface area contributed by atoms with E-state index in [-0.39, 0.29) is 0 Å². The number of ether oxygens (including phenoxy) is 1.